The Kier molecular flexibility index (Phi) is 7.26. The second-order valence-electron chi connectivity index (χ2n) is 5.27. The average molecular weight is 277 g/mol. The van der Waals surface area contributed by atoms with Crippen molar-refractivity contribution in [3.05, 3.63) is 35.4 Å². The van der Waals surface area contributed by atoms with Crippen molar-refractivity contribution in [1.29, 1.82) is 0 Å². The van der Waals surface area contributed by atoms with E-state index in [0.29, 0.717) is 6.54 Å². The minimum Gasteiger partial charge on any atom is -0.358 e. The maximum atomic E-state index is 11.4. The van der Waals surface area contributed by atoms with E-state index in [2.05, 4.69) is 60.3 Å². The quantitative estimate of drug-likeness (QED) is 0.782. The van der Waals surface area contributed by atoms with Gasteiger partial charge in [0.15, 0.2) is 0 Å². The number of hydrogen-bond donors (Lipinski definition) is 1. The monoisotopic (exact) mass is 277 g/mol. The molecule has 0 radical (unpaired) electrons. The van der Waals surface area contributed by atoms with Gasteiger partial charge in [-0.05, 0) is 26.1 Å². The second-order valence-corrected chi connectivity index (χ2v) is 5.27. The number of amides is 1. The Morgan fingerprint density at radius 3 is 2.65 bits per heavy atom. The first-order chi connectivity index (χ1) is 9.55. The smallest absolute Gasteiger partial charge is 0.233 e. The zero-order valence-corrected chi connectivity index (χ0v) is 13.1. The summed E-state index contributed by atoms with van der Waals surface area (Å²) in [5.41, 5.74) is 2.63. The molecule has 0 atom stereocenters. The molecule has 0 spiro atoms. The van der Waals surface area contributed by atoms with Crippen LogP contribution in [0.2, 0.25) is 0 Å². The van der Waals surface area contributed by atoms with Crippen LogP contribution in [0.4, 0.5) is 0 Å². The van der Waals surface area contributed by atoms with Crippen LogP contribution < -0.4 is 5.32 Å². The van der Waals surface area contributed by atoms with E-state index in [-0.39, 0.29) is 5.91 Å². The molecule has 0 saturated heterocycles. The predicted molar refractivity (Wildman–Crippen MR) is 83.7 cm³/mol. The highest BCUT2D eigenvalue weighted by Crippen LogP contribution is 2.06. The highest BCUT2D eigenvalue weighted by molar-refractivity contribution is 5.77. The van der Waals surface area contributed by atoms with Gasteiger partial charge >= 0.3 is 0 Å². The van der Waals surface area contributed by atoms with Crippen molar-refractivity contribution in [3.8, 4) is 0 Å². The van der Waals surface area contributed by atoms with Crippen LogP contribution in [0.5, 0.6) is 0 Å². The van der Waals surface area contributed by atoms with Gasteiger partial charge < -0.3 is 10.2 Å². The van der Waals surface area contributed by atoms with Crippen LogP contribution in [0.3, 0.4) is 0 Å². The van der Waals surface area contributed by atoms with Gasteiger partial charge in [-0.2, -0.15) is 0 Å². The van der Waals surface area contributed by atoms with E-state index >= 15 is 0 Å². The first-order valence-corrected chi connectivity index (χ1v) is 7.22. The van der Waals surface area contributed by atoms with Gasteiger partial charge in [0.25, 0.3) is 0 Å². The molecule has 0 bridgehead atoms. The Morgan fingerprint density at radius 1 is 1.30 bits per heavy atom. The second kappa shape index (κ2) is 8.72. The molecule has 1 rings (SSSR count). The van der Waals surface area contributed by atoms with E-state index in [1.165, 1.54) is 11.1 Å². The number of benzene rings is 1. The third-order valence-electron chi connectivity index (χ3n) is 3.43. The lowest BCUT2D eigenvalue weighted by atomic mass is 10.1. The van der Waals surface area contributed by atoms with Crippen molar-refractivity contribution in [1.82, 2.24) is 15.1 Å². The molecule has 1 N–H and O–H groups in total. The molecule has 0 aliphatic heterocycles. The minimum absolute atomic E-state index is 0.0770. The van der Waals surface area contributed by atoms with Crippen molar-refractivity contribution >= 4 is 5.91 Å². The molecule has 0 saturated carbocycles. The van der Waals surface area contributed by atoms with Crippen molar-refractivity contribution in [2.24, 2.45) is 0 Å². The molecule has 0 aromatic heterocycles. The molecule has 112 valence electrons. The van der Waals surface area contributed by atoms with E-state index in [0.717, 1.165) is 26.2 Å². The third kappa shape index (κ3) is 6.17. The topological polar surface area (TPSA) is 35.6 Å². The Bertz CT molecular complexity index is 420. The van der Waals surface area contributed by atoms with Crippen molar-refractivity contribution < 1.29 is 4.79 Å². The first kappa shape index (κ1) is 16.7. The molecule has 1 aromatic carbocycles. The Balaban J connectivity index is 2.38. The summed E-state index contributed by atoms with van der Waals surface area (Å²) in [5, 5.41) is 2.67. The lowest BCUT2D eigenvalue weighted by Gasteiger charge is -2.23. The number of carbonyl (C=O) groups excluding carboxylic acids is 1. The van der Waals surface area contributed by atoms with E-state index < -0.39 is 0 Å². The molecule has 1 aromatic rings. The van der Waals surface area contributed by atoms with Gasteiger partial charge in [-0.15, -0.1) is 0 Å². The summed E-state index contributed by atoms with van der Waals surface area (Å²) >= 11 is 0. The maximum absolute atomic E-state index is 11.4. The summed E-state index contributed by atoms with van der Waals surface area (Å²) < 4.78 is 0. The summed E-state index contributed by atoms with van der Waals surface area (Å²) in [6, 6.07) is 8.60. The van der Waals surface area contributed by atoms with Crippen LogP contribution in [-0.4, -0.2) is 56.0 Å². The average Bonchev–Trinajstić information content (AvgIpc) is 2.43. The van der Waals surface area contributed by atoms with Crippen LogP contribution in [0, 0.1) is 6.92 Å². The van der Waals surface area contributed by atoms with Gasteiger partial charge in [-0.3, -0.25) is 9.69 Å². The SMILES string of the molecule is CCN(CCN(C)Cc1cccc(C)c1)CC(=O)NC. The summed E-state index contributed by atoms with van der Waals surface area (Å²) in [5.74, 6) is 0.0770. The van der Waals surface area contributed by atoms with Crippen LogP contribution in [0.1, 0.15) is 18.1 Å². The van der Waals surface area contributed by atoms with Gasteiger partial charge in [-0.25, -0.2) is 0 Å². The fraction of sp³-hybridized carbons (Fsp3) is 0.562. The van der Waals surface area contributed by atoms with E-state index in [9.17, 15) is 4.79 Å². The van der Waals surface area contributed by atoms with E-state index in [1.54, 1.807) is 7.05 Å². The van der Waals surface area contributed by atoms with Crippen molar-refractivity contribution in [2.75, 3.05) is 40.3 Å². The van der Waals surface area contributed by atoms with Gasteiger partial charge in [0.1, 0.15) is 0 Å². The zero-order valence-electron chi connectivity index (χ0n) is 13.1. The van der Waals surface area contributed by atoms with Gasteiger partial charge in [0, 0.05) is 26.7 Å². The maximum Gasteiger partial charge on any atom is 0.233 e. The van der Waals surface area contributed by atoms with Crippen LogP contribution >= 0.6 is 0 Å². The van der Waals surface area contributed by atoms with Gasteiger partial charge in [0.2, 0.25) is 5.91 Å². The Hall–Kier alpha value is -1.39. The molecule has 0 heterocycles. The van der Waals surface area contributed by atoms with Crippen molar-refractivity contribution in [3.63, 3.8) is 0 Å². The number of rotatable bonds is 8. The fourth-order valence-electron chi connectivity index (χ4n) is 2.14. The Morgan fingerprint density at radius 2 is 2.05 bits per heavy atom. The highest BCUT2D eigenvalue weighted by atomic mass is 16.1. The first-order valence-electron chi connectivity index (χ1n) is 7.22. The van der Waals surface area contributed by atoms with Crippen LogP contribution in [0.15, 0.2) is 24.3 Å². The summed E-state index contributed by atoms with van der Waals surface area (Å²) in [6.07, 6.45) is 0. The molecule has 4 nitrogen and oxygen atoms in total. The van der Waals surface area contributed by atoms with Gasteiger partial charge in [-0.1, -0.05) is 36.8 Å². The predicted octanol–water partition coefficient (Wildman–Crippen LogP) is 1.49. The number of aryl methyl sites for hydroxylation is 1. The number of nitrogens with zero attached hydrogens (tertiary/aromatic N) is 2. The molecule has 1 amide bonds. The number of nitrogens with one attached hydrogen (secondary N) is 1. The molecule has 20 heavy (non-hydrogen) atoms. The van der Waals surface area contributed by atoms with Gasteiger partial charge in [0.05, 0.1) is 6.54 Å². The standard InChI is InChI=1S/C16H27N3O/c1-5-19(13-16(20)17-3)10-9-18(4)12-15-8-6-7-14(2)11-15/h6-8,11H,5,9-10,12-13H2,1-4H3,(H,17,20). The molecule has 4 heteroatoms. The number of carbonyl (C=O) groups is 1. The lowest BCUT2D eigenvalue weighted by Crippen LogP contribution is -2.39. The highest BCUT2D eigenvalue weighted by Gasteiger charge is 2.08. The number of hydrogen-bond acceptors (Lipinski definition) is 3. The number of likely N-dealkylation sites (N-methyl/N-ethyl adjacent to an activating group) is 3. The van der Waals surface area contributed by atoms with Crippen molar-refractivity contribution in [2.45, 2.75) is 20.4 Å². The molecule has 0 aliphatic carbocycles. The largest absolute Gasteiger partial charge is 0.358 e. The molecular formula is C16H27N3O. The summed E-state index contributed by atoms with van der Waals surface area (Å²) in [4.78, 5) is 15.8. The third-order valence-corrected chi connectivity index (χ3v) is 3.43. The fourth-order valence-corrected chi connectivity index (χ4v) is 2.14. The zero-order chi connectivity index (χ0) is 15.0. The molecule has 0 unspecified atom stereocenters. The summed E-state index contributed by atoms with van der Waals surface area (Å²) in [6.45, 7) is 8.39. The van der Waals surface area contributed by atoms with E-state index in [1.807, 2.05) is 0 Å². The van der Waals surface area contributed by atoms with E-state index in [4.69, 9.17) is 0 Å². The minimum atomic E-state index is 0.0770. The normalized spacial score (nSPS) is 11.1. The lowest BCUT2D eigenvalue weighted by molar-refractivity contribution is -0.121. The molecule has 0 aliphatic rings. The summed E-state index contributed by atoms with van der Waals surface area (Å²) in [7, 11) is 3.80. The Labute approximate surface area is 122 Å². The van der Waals surface area contributed by atoms with Crippen LogP contribution in [-0.2, 0) is 11.3 Å². The van der Waals surface area contributed by atoms with Crippen LogP contribution in [0.25, 0.3) is 0 Å². The molecular weight excluding hydrogens is 250 g/mol. The molecule has 0 fully saturated rings.